The number of carbonyl (C=O) groups is 1. The predicted molar refractivity (Wildman–Crippen MR) is 67.4 cm³/mol. The van der Waals surface area contributed by atoms with Crippen LogP contribution in [0.1, 0.15) is 18.9 Å². The van der Waals surface area contributed by atoms with Gasteiger partial charge in [0.25, 0.3) is 0 Å². The van der Waals surface area contributed by atoms with Crippen LogP contribution < -0.4 is 0 Å². The second-order valence-electron chi connectivity index (χ2n) is 4.26. The van der Waals surface area contributed by atoms with E-state index in [1.165, 1.54) is 18.2 Å². The first-order valence-electron chi connectivity index (χ1n) is 5.91. The molecule has 0 saturated carbocycles. The van der Waals surface area contributed by atoms with Crippen LogP contribution in [-0.4, -0.2) is 22.4 Å². The largest absolute Gasteiger partial charge is 0.509 e. The number of carboxylic acids is 1. The fraction of sp³-hybridized carbons (Fsp3) is 0.286. The van der Waals surface area contributed by atoms with Gasteiger partial charge in [0, 0.05) is 0 Å². The Balaban J connectivity index is 3.78. The van der Waals surface area contributed by atoms with E-state index in [1.54, 1.807) is 0 Å². The maximum absolute atomic E-state index is 13.6. The molecule has 1 aromatic carbocycles. The summed E-state index contributed by atoms with van der Waals surface area (Å²) in [5, 5.41) is 27.5. The molecule has 1 rings (SSSR count). The average molecular weight is 299 g/mol. The summed E-state index contributed by atoms with van der Waals surface area (Å²) in [6.45, 7) is 1.16. The minimum Gasteiger partial charge on any atom is -0.509 e. The van der Waals surface area contributed by atoms with Crippen LogP contribution in [0.4, 0.5) is 13.2 Å². The number of carboxylic acid groups (broad SMARTS) is 1. The molecule has 0 radical (unpaired) electrons. The zero-order valence-electron chi connectivity index (χ0n) is 11.0. The van der Waals surface area contributed by atoms with Gasteiger partial charge in [-0.15, -0.1) is 0 Å². The Labute approximate surface area is 118 Å². The molecule has 112 valence electrons. The highest BCUT2D eigenvalue weighted by atomic mass is 19.4. The molecule has 0 heterocycles. The molecule has 0 aromatic heterocycles. The number of nitriles is 1. The number of nitrogens with zero attached hydrogens (tertiary/aromatic N) is 1. The average Bonchev–Trinajstić information content (AvgIpc) is 2.40. The SMILES string of the molecule is CCC(C(O)=C(C#N)C(=O)O)(c1ccccc1)C(F)(F)F. The number of allylic oxidation sites excluding steroid dienone is 1. The van der Waals surface area contributed by atoms with Crippen LogP contribution >= 0.6 is 0 Å². The number of rotatable bonds is 4. The summed E-state index contributed by atoms with van der Waals surface area (Å²) in [7, 11) is 0. The van der Waals surface area contributed by atoms with E-state index in [2.05, 4.69) is 0 Å². The molecule has 0 bridgehead atoms. The highest BCUT2D eigenvalue weighted by molar-refractivity contribution is 5.92. The van der Waals surface area contributed by atoms with Crippen molar-refractivity contribution in [3.05, 3.63) is 47.2 Å². The summed E-state index contributed by atoms with van der Waals surface area (Å²) >= 11 is 0. The van der Waals surface area contributed by atoms with Crippen LogP contribution in [-0.2, 0) is 10.2 Å². The normalized spacial score (nSPS) is 15.6. The lowest BCUT2D eigenvalue weighted by atomic mass is 9.74. The van der Waals surface area contributed by atoms with Crippen molar-refractivity contribution in [3.63, 3.8) is 0 Å². The van der Waals surface area contributed by atoms with Crippen molar-refractivity contribution in [1.82, 2.24) is 0 Å². The summed E-state index contributed by atoms with van der Waals surface area (Å²) in [4.78, 5) is 10.9. The Morgan fingerprint density at radius 1 is 1.24 bits per heavy atom. The second-order valence-corrected chi connectivity index (χ2v) is 4.26. The fourth-order valence-corrected chi connectivity index (χ4v) is 2.14. The van der Waals surface area contributed by atoms with Gasteiger partial charge >= 0.3 is 12.1 Å². The van der Waals surface area contributed by atoms with Crippen molar-refractivity contribution in [2.24, 2.45) is 0 Å². The van der Waals surface area contributed by atoms with Gasteiger partial charge in [-0.1, -0.05) is 37.3 Å². The maximum atomic E-state index is 13.6. The topological polar surface area (TPSA) is 81.3 Å². The number of benzene rings is 1. The Kier molecular flexibility index (Phi) is 4.63. The van der Waals surface area contributed by atoms with Crippen molar-refractivity contribution in [2.45, 2.75) is 24.9 Å². The second kappa shape index (κ2) is 5.87. The first-order valence-corrected chi connectivity index (χ1v) is 5.91. The highest BCUT2D eigenvalue weighted by Crippen LogP contribution is 2.48. The van der Waals surface area contributed by atoms with Crippen LogP contribution in [0.2, 0.25) is 0 Å². The summed E-state index contributed by atoms with van der Waals surface area (Å²) in [5.74, 6) is -3.41. The summed E-state index contributed by atoms with van der Waals surface area (Å²) in [6.07, 6.45) is -5.62. The van der Waals surface area contributed by atoms with E-state index in [4.69, 9.17) is 10.4 Å². The van der Waals surface area contributed by atoms with Crippen molar-refractivity contribution in [3.8, 4) is 6.07 Å². The van der Waals surface area contributed by atoms with Crippen molar-refractivity contribution in [1.29, 1.82) is 5.26 Å². The third-order valence-electron chi connectivity index (χ3n) is 3.25. The van der Waals surface area contributed by atoms with Gasteiger partial charge in [0.2, 0.25) is 0 Å². The van der Waals surface area contributed by atoms with Gasteiger partial charge in [-0.25, -0.2) is 4.79 Å². The Bertz CT molecular complexity index is 602. The van der Waals surface area contributed by atoms with Crippen LogP contribution in [0.3, 0.4) is 0 Å². The van der Waals surface area contributed by atoms with Gasteiger partial charge in [0.05, 0.1) is 0 Å². The maximum Gasteiger partial charge on any atom is 0.405 e. The number of aliphatic carboxylic acids is 1. The van der Waals surface area contributed by atoms with Crippen LogP contribution in [0, 0.1) is 11.3 Å². The van der Waals surface area contributed by atoms with E-state index >= 15 is 0 Å². The number of halogens is 3. The van der Waals surface area contributed by atoms with E-state index in [-0.39, 0.29) is 5.56 Å². The van der Waals surface area contributed by atoms with E-state index in [9.17, 15) is 23.1 Å². The van der Waals surface area contributed by atoms with Crippen LogP contribution in [0.25, 0.3) is 0 Å². The van der Waals surface area contributed by atoms with Gasteiger partial charge < -0.3 is 10.2 Å². The number of alkyl halides is 3. The molecule has 0 aliphatic rings. The van der Waals surface area contributed by atoms with E-state index in [1.807, 2.05) is 0 Å². The molecule has 21 heavy (non-hydrogen) atoms. The summed E-state index contributed by atoms with van der Waals surface area (Å²) in [5.41, 5.74) is -4.58. The molecular formula is C14H12F3NO3. The molecule has 4 nitrogen and oxygen atoms in total. The van der Waals surface area contributed by atoms with Crippen molar-refractivity contribution in [2.75, 3.05) is 0 Å². The Morgan fingerprint density at radius 2 is 1.76 bits per heavy atom. The smallest absolute Gasteiger partial charge is 0.405 e. The molecule has 0 amide bonds. The Morgan fingerprint density at radius 3 is 2.10 bits per heavy atom. The third-order valence-corrected chi connectivity index (χ3v) is 3.25. The van der Waals surface area contributed by atoms with Gasteiger partial charge in [0.15, 0.2) is 5.57 Å². The molecule has 0 saturated heterocycles. The third kappa shape index (κ3) is 2.70. The zero-order valence-corrected chi connectivity index (χ0v) is 11.0. The van der Waals surface area contributed by atoms with E-state index in [0.717, 1.165) is 25.1 Å². The molecule has 1 unspecified atom stereocenters. The molecule has 0 fully saturated rings. The monoisotopic (exact) mass is 299 g/mol. The summed E-state index contributed by atoms with van der Waals surface area (Å²) in [6, 6.07) is 7.54. The number of aliphatic hydroxyl groups is 1. The number of aliphatic hydroxyl groups excluding tert-OH is 1. The van der Waals surface area contributed by atoms with E-state index in [0.29, 0.717) is 0 Å². The summed E-state index contributed by atoms with van der Waals surface area (Å²) < 4.78 is 40.7. The van der Waals surface area contributed by atoms with Crippen molar-refractivity contribution >= 4 is 5.97 Å². The molecule has 0 aliphatic heterocycles. The van der Waals surface area contributed by atoms with Crippen LogP contribution in [0.15, 0.2) is 41.7 Å². The zero-order chi connectivity index (χ0) is 16.3. The predicted octanol–water partition coefficient (Wildman–Crippen LogP) is 3.32. The number of hydrogen-bond acceptors (Lipinski definition) is 3. The highest BCUT2D eigenvalue weighted by Gasteiger charge is 2.59. The molecule has 2 N–H and O–H groups in total. The van der Waals surface area contributed by atoms with Gasteiger partial charge in [0.1, 0.15) is 17.2 Å². The van der Waals surface area contributed by atoms with Crippen LogP contribution in [0.5, 0.6) is 0 Å². The fourth-order valence-electron chi connectivity index (χ4n) is 2.14. The Hall–Kier alpha value is -2.49. The quantitative estimate of drug-likeness (QED) is 0.507. The number of hydrogen-bond donors (Lipinski definition) is 2. The molecule has 7 heteroatoms. The van der Waals surface area contributed by atoms with Gasteiger partial charge in [-0.05, 0) is 12.0 Å². The molecular weight excluding hydrogens is 287 g/mol. The molecule has 0 spiro atoms. The first-order chi connectivity index (χ1) is 9.72. The van der Waals surface area contributed by atoms with E-state index < -0.39 is 35.3 Å². The first kappa shape index (κ1) is 16.6. The minimum absolute atomic E-state index is 0.327. The molecule has 1 atom stereocenters. The lowest BCUT2D eigenvalue weighted by Crippen LogP contribution is -2.44. The lowest BCUT2D eigenvalue weighted by Gasteiger charge is -2.34. The standard InChI is InChI=1S/C14H12F3NO3/c1-2-13(14(15,16)17,9-6-4-3-5-7-9)11(19)10(8-18)12(20)21/h3-7,19H,2H2,1H3,(H,20,21). The molecule has 1 aromatic rings. The minimum atomic E-state index is -4.97. The van der Waals surface area contributed by atoms with Gasteiger partial charge in [-0.2, -0.15) is 18.4 Å². The van der Waals surface area contributed by atoms with Crippen molar-refractivity contribution < 1.29 is 28.2 Å². The lowest BCUT2D eigenvalue weighted by molar-refractivity contribution is -0.188. The van der Waals surface area contributed by atoms with Gasteiger partial charge in [-0.3, -0.25) is 0 Å². The molecule has 0 aliphatic carbocycles.